The Balaban J connectivity index is 1.42. The van der Waals surface area contributed by atoms with Gasteiger partial charge in [-0.3, -0.25) is 14.4 Å². The van der Waals surface area contributed by atoms with E-state index in [2.05, 4.69) is 46.0 Å². The van der Waals surface area contributed by atoms with Crippen molar-refractivity contribution in [2.75, 3.05) is 31.5 Å². The number of aliphatic hydroxyl groups is 1. The van der Waals surface area contributed by atoms with Crippen LogP contribution in [0.4, 0.5) is 5.69 Å². The monoisotopic (exact) mass is 627 g/mol. The number of carbonyl (C=O) groups excluding carboxylic acids is 1. The molecular weight excluding hydrogens is 586 g/mol. The maximum absolute atomic E-state index is 13.8. The summed E-state index contributed by atoms with van der Waals surface area (Å²) in [5.41, 5.74) is 4.84. The Bertz CT molecular complexity index is 1710. The Labute approximate surface area is 266 Å². The lowest BCUT2D eigenvalue weighted by Gasteiger charge is -2.38. The van der Waals surface area contributed by atoms with Crippen molar-refractivity contribution >= 4 is 21.6 Å². The molecule has 4 aromatic carbocycles. The molecule has 1 amide bonds. The molecule has 0 bridgehead atoms. The molecule has 0 saturated heterocycles. The van der Waals surface area contributed by atoms with Crippen LogP contribution in [-0.4, -0.2) is 68.1 Å². The zero-order chi connectivity index (χ0) is 32.1. The van der Waals surface area contributed by atoms with Crippen LogP contribution in [0.2, 0.25) is 0 Å². The van der Waals surface area contributed by atoms with E-state index in [0.717, 1.165) is 22.3 Å². The first-order valence-electron chi connectivity index (χ1n) is 15.2. The second-order valence-corrected chi connectivity index (χ2v) is 13.7. The Morgan fingerprint density at radius 1 is 0.956 bits per heavy atom. The Morgan fingerprint density at radius 2 is 1.62 bits per heavy atom. The highest BCUT2D eigenvalue weighted by Crippen LogP contribution is 2.36. The Morgan fingerprint density at radius 3 is 2.29 bits per heavy atom. The van der Waals surface area contributed by atoms with Crippen molar-refractivity contribution in [3.8, 4) is 16.9 Å². The van der Waals surface area contributed by atoms with Crippen molar-refractivity contribution in [2.24, 2.45) is 5.92 Å². The fourth-order valence-corrected chi connectivity index (χ4v) is 6.64. The van der Waals surface area contributed by atoms with E-state index in [1.165, 1.54) is 0 Å². The maximum atomic E-state index is 13.8. The van der Waals surface area contributed by atoms with Gasteiger partial charge in [-0.1, -0.05) is 85.3 Å². The number of aryl methyl sites for hydroxylation is 1. The molecule has 0 aromatic heterocycles. The number of para-hydroxylation sites is 1. The normalized spacial score (nSPS) is 17.6. The van der Waals surface area contributed by atoms with Gasteiger partial charge in [-0.2, -0.15) is 0 Å². The predicted octanol–water partition coefficient (Wildman–Crippen LogP) is 5.81. The number of benzene rings is 4. The van der Waals surface area contributed by atoms with Crippen LogP contribution in [-0.2, 0) is 16.6 Å². The molecule has 5 rings (SSSR count). The molecule has 45 heavy (non-hydrogen) atoms. The van der Waals surface area contributed by atoms with E-state index in [4.69, 9.17) is 4.74 Å². The molecule has 1 heterocycles. The molecule has 0 saturated carbocycles. The number of nitrogens with zero attached hydrogens (tertiary/aromatic N) is 2. The summed E-state index contributed by atoms with van der Waals surface area (Å²) in [7, 11) is -1.94. The van der Waals surface area contributed by atoms with E-state index in [1.807, 2.05) is 39.1 Å². The summed E-state index contributed by atoms with van der Waals surface area (Å²) in [5, 5.41) is 10.00. The number of aliphatic hydroxyl groups excluding tert-OH is 1. The van der Waals surface area contributed by atoms with Crippen molar-refractivity contribution in [3.05, 3.63) is 114 Å². The Kier molecular flexibility index (Phi) is 9.92. The Hall–Kier alpha value is -4.18. The molecule has 0 spiro atoms. The molecule has 4 aromatic rings. The molecule has 0 aliphatic carbocycles. The summed E-state index contributed by atoms with van der Waals surface area (Å²) in [5.74, 6) is -0.258. The molecule has 9 heteroatoms. The van der Waals surface area contributed by atoms with Crippen LogP contribution in [0.25, 0.3) is 11.1 Å². The number of nitrogens with one attached hydrogen (secondary N) is 1. The summed E-state index contributed by atoms with van der Waals surface area (Å²) in [6, 6.07) is 29.8. The number of amides is 1. The lowest BCUT2D eigenvalue weighted by atomic mass is 9.98. The minimum absolute atomic E-state index is 0.112. The molecule has 1 aliphatic rings. The first-order valence-corrected chi connectivity index (χ1v) is 16.7. The number of rotatable bonds is 10. The van der Waals surface area contributed by atoms with Crippen LogP contribution < -0.4 is 9.46 Å². The fourth-order valence-electron chi connectivity index (χ4n) is 5.58. The van der Waals surface area contributed by atoms with Crippen LogP contribution in [0.5, 0.6) is 5.75 Å². The zero-order valence-corrected chi connectivity index (χ0v) is 27.0. The summed E-state index contributed by atoms with van der Waals surface area (Å²) in [6.07, 6.45) is -0.385. The van der Waals surface area contributed by atoms with Gasteiger partial charge in [-0.15, -0.1) is 0 Å². The largest absolute Gasteiger partial charge is 0.486 e. The van der Waals surface area contributed by atoms with E-state index in [0.29, 0.717) is 19.6 Å². The lowest BCUT2D eigenvalue weighted by molar-refractivity contribution is 0.0344. The van der Waals surface area contributed by atoms with Crippen LogP contribution in [0.3, 0.4) is 0 Å². The summed E-state index contributed by atoms with van der Waals surface area (Å²) in [6.45, 7) is 7.09. The molecule has 0 unspecified atom stereocenters. The third kappa shape index (κ3) is 7.56. The van der Waals surface area contributed by atoms with Crippen LogP contribution in [0, 0.1) is 12.8 Å². The molecule has 3 atom stereocenters. The van der Waals surface area contributed by atoms with Crippen molar-refractivity contribution in [3.63, 3.8) is 0 Å². The van der Waals surface area contributed by atoms with E-state index in [9.17, 15) is 18.3 Å². The summed E-state index contributed by atoms with van der Waals surface area (Å²) in [4.78, 5) is 17.7. The number of hydrogen-bond acceptors (Lipinski definition) is 6. The minimum atomic E-state index is -3.96. The van der Waals surface area contributed by atoms with Gasteiger partial charge in [0, 0.05) is 25.6 Å². The van der Waals surface area contributed by atoms with Crippen LogP contribution >= 0.6 is 0 Å². The number of fused-ring (bicyclic) bond motifs is 1. The van der Waals surface area contributed by atoms with Gasteiger partial charge in [-0.25, -0.2) is 8.42 Å². The van der Waals surface area contributed by atoms with Crippen LogP contribution in [0.1, 0.15) is 35.3 Å². The molecule has 1 aliphatic heterocycles. The van der Waals surface area contributed by atoms with E-state index < -0.39 is 16.1 Å². The first-order chi connectivity index (χ1) is 21.6. The third-order valence-corrected chi connectivity index (χ3v) is 9.65. The molecule has 236 valence electrons. The summed E-state index contributed by atoms with van der Waals surface area (Å²) < 4.78 is 36.1. The fraction of sp³-hybridized carbons (Fsp3) is 0.306. The third-order valence-electron chi connectivity index (χ3n) is 8.27. The highest BCUT2D eigenvalue weighted by Gasteiger charge is 2.35. The van der Waals surface area contributed by atoms with Crippen molar-refractivity contribution in [1.82, 2.24) is 9.80 Å². The second kappa shape index (κ2) is 13.9. The maximum Gasteiger partial charge on any atom is 0.262 e. The van der Waals surface area contributed by atoms with Crippen molar-refractivity contribution in [1.29, 1.82) is 0 Å². The highest BCUT2D eigenvalue weighted by atomic mass is 32.2. The number of anilines is 1. The molecule has 8 nitrogen and oxygen atoms in total. The van der Waals surface area contributed by atoms with Gasteiger partial charge in [0.25, 0.3) is 15.9 Å². The van der Waals surface area contributed by atoms with Crippen LogP contribution in [0.15, 0.2) is 102 Å². The average molecular weight is 628 g/mol. The topological polar surface area (TPSA) is 99.2 Å². The minimum Gasteiger partial charge on any atom is -0.486 e. The first kappa shape index (κ1) is 32.2. The van der Waals surface area contributed by atoms with E-state index in [-0.39, 0.29) is 46.4 Å². The average Bonchev–Trinajstić information content (AvgIpc) is 3.03. The van der Waals surface area contributed by atoms with E-state index in [1.54, 1.807) is 54.3 Å². The molecular formula is C36H41N3O5S. The van der Waals surface area contributed by atoms with E-state index >= 15 is 0 Å². The SMILES string of the molecule is Cc1ccc(S(=O)(=O)Nc2cccc3c2O[C@@H](CN(C)Cc2ccc(-c4ccccc4)cc2)[C@H](C)CN([C@H](C)CO)C3=O)cc1. The second-order valence-electron chi connectivity index (χ2n) is 12.0. The standard InChI is InChI=1S/C36H41N3O5S/c1-25-13-19-31(20-14-25)45(42,43)37-33-12-8-11-32-35(33)44-34(26(2)21-39(36(32)41)27(3)24-40)23-38(4)22-28-15-17-30(18-16-28)29-9-6-5-7-10-29/h5-20,26-27,34,37,40H,21-24H2,1-4H3/t26-,27-,34+/m1/s1. The molecule has 0 radical (unpaired) electrons. The van der Waals surface area contributed by atoms with Gasteiger partial charge in [0.1, 0.15) is 6.10 Å². The smallest absolute Gasteiger partial charge is 0.262 e. The van der Waals surface area contributed by atoms with Crippen molar-refractivity contribution in [2.45, 2.75) is 44.4 Å². The van der Waals surface area contributed by atoms with Gasteiger partial charge in [0.15, 0.2) is 5.75 Å². The molecule has 0 fully saturated rings. The summed E-state index contributed by atoms with van der Waals surface area (Å²) >= 11 is 0. The lowest BCUT2D eigenvalue weighted by Crippen LogP contribution is -2.49. The zero-order valence-electron chi connectivity index (χ0n) is 26.2. The van der Waals surface area contributed by atoms with Gasteiger partial charge in [0.2, 0.25) is 0 Å². The van der Waals surface area contributed by atoms with Gasteiger partial charge in [-0.05, 0) is 61.9 Å². The number of carbonyl (C=O) groups is 1. The highest BCUT2D eigenvalue weighted by molar-refractivity contribution is 7.92. The number of likely N-dealkylation sites (N-methyl/N-ethyl adjacent to an activating group) is 1. The molecule has 2 N–H and O–H groups in total. The van der Waals surface area contributed by atoms with Gasteiger partial charge < -0.3 is 14.7 Å². The number of hydrogen-bond donors (Lipinski definition) is 2. The quantitative estimate of drug-likeness (QED) is 0.230. The number of sulfonamides is 1. The predicted molar refractivity (Wildman–Crippen MR) is 178 cm³/mol. The van der Waals surface area contributed by atoms with Crippen molar-refractivity contribution < 1.29 is 23.1 Å². The van der Waals surface area contributed by atoms with Gasteiger partial charge in [0.05, 0.1) is 28.8 Å². The van der Waals surface area contributed by atoms with Gasteiger partial charge >= 0.3 is 0 Å². The number of ether oxygens (including phenoxy) is 1.